The summed E-state index contributed by atoms with van der Waals surface area (Å²) in [4.78, 5) is 26.7. The number of halogens is 1. The van der Waals surface area contributed by atoms with Crippen LogP contribution in [-0.2, 0) is 30.4 Å². The van der Waals surface area contributed by atoms with E-state index in [2.05, 4.69) is 23.7 Å². The minimum Gasteiger partial charge on any atom is -0.487 e. The third-order valence-corrected chi connectivity index (χ3v) is 12.2. The smallest absolute Gasteiger partial charge is 0.410 e. The van der Waals surface area contributed by atoms with E-state index in [9.17, 15) is 20.1 Å². The molecule has 0 spiro atoms. The topological polar surface area (TPSA) is 171 Å². The molecule has 0 bridgehead atoms. The van der Waals surface area contributed by atoms with Gasteiger partial charge < -0.3 is 48.6 Å². The molecule has 2 aliphatic carbocycles. The first-order chi connectivity index (χ1) is 29.9. The van der Waals surface area contributed by atoms with Crippen molar-refractivity contribution in [3.63, 3.8) is 0 Å². The number of pyridine rings is 1. The molecule has 14 nitrogen and oxygen atoms in total. The fourth-order valence-electron chi connectivity index (χ4n) is 9.40. The van der Waals surface area contributed by atoms with E-state index in [0.717, 1.165) is 61.0 Å². The summed E-state index contributed by atoms with van der Waals surface area (Å²) in [6, 6.07) is 10.9. The third-order valence-electron chi connectivity index (χ3n) is 12.0. The summed E-state index contributed by atoms with van der Waals surface area (Å²) in [5.41, 5.74) is 4.19. The van der Waals surface area contributed by atoms with Crippen LogP contribution in [0.2, 0.25) is 0 Å². The predicted molar refractivity (Wildman–Crippen MR) is 230 cm³/mol. The summed E-state index contributed by atoms with van der Waals surface area (Å²) >= 11 is 6.04. The van der Waals surface area contributed by atoms with E-state index in [0.29, 0.717) is 43.1 Å². The van der Waals surface area contributed by atoms with Crippen molar-refractivity contribution >= 4 is 23.4 Å². The third kappa shape index (κ3) is 11.6. The number of benzene rings is 1. The standard InChI is InChI=1S/C46H64ClN3O11/c1-3-23-59-46-41(50(19-26-55-27-22-53)45(54)57-25-18-47)30-39(49-61-42-15-6-9-24-56-42)37-28-33(12-4-7-20-51)36(14-5-8-21-52)43(44(37)46)38-29-35(16-17-40(38)60-46)58-31-34-13-10-11-32(2)48-34/h3,10-11,13,16-17,28-29,33,36,41-44,51-53H,1,4-9,12,14-15,18-27,30-31H2,2H3. The van der Waals surface area contributed by atoms with Crippen molar-refractivity contribution in [2.24, 2.45) is 22.9 Å². The minimum absolute atomic E-state index is 0.0190. The largest absolute Gasteiger partial charge is 0.487 e. The number of amides is 1. The van der Waals surface area contributed by atoms with Gasteiger partial charge in [-0.2, -0.15) is 0 Å². The number of oxime groups is 1. The number of carbonyl (C=O) groups is 1. The zero-order chi connectivity index (χ0) is 43.0. The molecular formula is C46H64ClN3O11. The maximum atomic E-state index is 14.3. The van der Waals surface area contributed by atoms with Crippen LogP contribution in [0.1, 0.15) is 87.1 Å². The van der Waals surface area contributed by atoms with Gasteiger partial charge in [-0.1, -0.05) is 36.2 Å². The van der Waals surface area contributed by atoms with Crippen molar-refractivity contribution < 1.29 is 53.4 Å². The van der Waals surface area contributed by atoms with Crippen molar-refractivity contribution in [3.8, 4) is 11.5 Å². The quantitative estimate of drug-likeness (QED) is 0.0437. The van der Waals surface area contributed by atoms with E-state index in [-0.39, 0.29) is 89.5 Å². The second kappa shape index (κ2) is 23.6. The molecule has 4 aliphatic rings. The van der Waals surface area contributed by atoms with Crippen molar-refractivity contribution in [3.05, 3.63) is 77.7 Å². The van der Waals surface area contributed by atoms with Crippen LogP contribution in [-0.4, -0.2) is 120 Å². The SMILES string of the molecule is C=CCOC12Oc3ccc(OCc4cccc(C)n4)cc3C3C(CCCCO)C(CCCCO)C=C(C(=NOC4CCCCO4)CC1N(CCOCCO)C(=O)OCCCl)C32. The van der Waals surface area contributed by atoms with Crippen LogP contribution in [0.3, 0.4) is 0 Å². The van der Waals surface area contributed by atoms with E-state index in [1.807, 2.05) is 37.3 Å². The van der Waals surface area contributed by atoms with Crippen LogP contribution in [0.4, 0.5) is 4.79 Å². The lowest BCUT2D eigenvalue weighted by Crippen LogP contribution is -2.70. The zero-order valence-electron chi connectivity index (χ0n) is 35.5. The molecule has 1 aromatic heterocycles. The Bertz CT molecular complexity index is 1770. The first kappa shape index (κ1) is 46.7. The molecule has 2 aliphatic heterocycles. The van der Waals surface area contributed by atoms with E-state index in [1.54, 1.807) is 11.0 Å². The van der Waals surface area contributed by atoms with Gasteiger partial charge in [0.15, 0.2) is 0 Å². The van der Waals surface area contributed by atoms with E-state index in [4.69, 9.17) is 50.0 Å². The molecule has 1 amide bonds. The van der Waals surface area contributed by atoms with Gasteiger partial charge >= 0.3 is 6.09 Å². The highest BCUT2D eigenvalue weighted by Gasteiger charge is 2.65. The van der Waals surface area contributed by atoms with Gasteiger partial charge in [-0.15, -0.1) is 18.2 Å². The number of aliphatic hydroxyl groups excluding tert-OH is 3. The average Bonchev–Trinajstić information content (AvgIpc) is 3.28. The molecule has 7 atom stereocenters. The van der Waals surface area contributed by atoms with Crippen molar-refractivity contribution in [1.29, 1.82) is 0 Å². The molecule has 1 saturated heterocycles. The molecule has 7 unspecified atom stereocenters. The molecule has 2 aromatic rings. The van der Waals surface area contributed by atoms with E-state index >= 15 is 0 Å². The molecular weight excluding hydrogens is 806 g/mol. The summed E-state index contributed by atoms with van der Waals surface area (Å²) in [6.07, 6.45) is 10.1. The van der Waals surface area contributed by atoms with Crippen LogP contribution < -0.4 is 9.47 Å². The molecule has 6 rings (SSSR count). The number of hydrogen-bond donors (Lipinski definition) is 3. The van der Waals surface area contributed by atoms with Gasteiger partial charge in [0.05, 0.1) is 56.2 Å². The number of carbonyl (C=O) groups excluding carboxylic acids is 1. The van der Waals surface area contributed by atoms with Crippen molar-refractivity contribution in [1.82, 2.24) is 9.88 Å². The second-order valence-corrected chi connectivity index (χ2v) is 16.4. The molecule has 336 valence electrons. The molecule has 1 aromatic carbocycles. The number of aryl methyl sites for hydroxylation is 1. The maximum absolute atomic E-state index is 14.3. The second-order valence-electron chi connectivity index (χ2n) is 16.1. The number of fused-ring (bicyclic) bond motifs is 2. The first-order valence-electron chi connectivity index (χ1n) is 22.0. The Balaban J connectivity index is 1.55. The lowest BCUT2D eigenvalue weighted by Gasteiger charge is -2.59. The summed E-state index contributed by atoms with van der Waals surface area (Å²) in [5, 5.41) is 34.3. The minimum atomic E-state index is -1.49. The Morgan fingerprint density at radius 1 is 1.07 bits per heavy atom. The first-order valence-corrected chi connectivity index (χ1v) is 22.5. The van der Waals surface area contributed by atoms with Crippen LogP contribution in [0.25, 0.3) is 0 Å². The normalized spacial score (nSPS) is 26.0. The monoisotopic (exact) mass is 869 g/mol. The number of ether oxygens (including phenoxy) is 6. The number of unbranched alkanes of at least 4 members (excludes halogenated alkanes) is 2. The van der Waals surface area contributed by atoms with Gasteiger partial charge in [-0.25, -0.2) is 4.79 Å². The number of hydrogen-bond acceptors (Lipinski definition) is 13. The van der Waals surface area contributed by atoms with E-state index < -0.39 is 30.1 Å². The van der Waals surface area contributed by atoms with Crippen LogP contribution >= 0.6 is 11.6 Å². The van der Waals surface area contributed by atoms with Crippen LogP contribution in [0.5, 0.6) is 11.5 Å². The summed E-state index contributed by atoms with van der Waals surface area (Å²) in [5.74, 6) is -0.855. The molecule has 3 N–H and O–H groups in total. The Kier molecular flexibility index (Phi) is 18.1. The van der Waals surface area contributed by atoms with Gasteiger partial charge in [0.2, 0.25) is 12.1 Å². The number of alkyl halides is 1. The highest BCUT2D eigenvalue weighted by molar-refractivity contribution is 6.18. The molecule has 2 fully saturated rings. The Morgan fingerprint density at radius 2 is 1.90 bits per heavy atom. The van der Waals surface area contributed by atoms with E-state index in [1.165, 1.54) is 0 Å². The fraction of sp³-hybridized carbons (Fsp3) is 0.630. The van der Waals surface area contributed by atoms with Crippen molar-refractivity contribution in [2.45, 2.75) is 102 Å². The Hall–Kier alpha value is -3.76. The number of aliphatic hydroxyl groups is 3. The van der Waals surface area contributed by atoms with Gasteiger partial charge in [0.1, 0.15) is 30.8 Å². The highest BCUT2D eigenvalue weighted by Crippen LogP contribution is 2.62. The molecule has 3 heterocycles. The Morgan fingerprint density at radius 3 is 2.64 bits per heavy atom. The number of aromatic nitrogens is 1. The van der Waals surface area contributed by atoms with Crippen molar-refractivity contribution in [2.75, 3.05) is 65.3 Å². The fourth-order valence-corrected chi connectivity index (χ4v) is 9.48. The molecule has 61 heavy (non-hydrogen) atoms. The Labute approximate surface area is 364 Å². The van der Waals surface area contributed by atoms with Gasteiger partial charge in [0.25, 0.3) is 0 Å². The summed E-state index contributed by atoms with van der Waals surface area (Å²) in [6.45, 7) is 7.16. The zero-order valence-corrected chi connectivity index (χ0v) is 36.2. The maximum Gasteiger partial charge on any atom is 0.410 e. The highest BCUT2D eigenvalue weighted by atomic mass is 35.5. The molecule has 1 saturated carbocycles. The number of rotatable bonds is 24. The summed E-state index contributed by atoms with van der Waals surface area (Å²) < 4.78 is 38.2. The number of allylic oxidation sites excluding steroid dienone is 1. The molecule has 15 heteroatoms. The summed E-state index contributed by atoms with van der Waals surface area (Å²) in [7, 11) is 0. The predicted octanol–water partition coefficient (Wildman–Crippen LogP) is 6.82. The number of nitrogens with zero attached hydrogens (tertiary/aromatic N) is 3. The molecule has 0 radical (unpaired) electrons. The lowest BCUT2D eigenvalue weighted by atomic mass is 9.55. The van der Waals surface area contributed by atoms with Crippen LogP contribution in [0, 0.1) is 24.7 Å². The van der Waals surface area contributed by atoms with Gasteiger partial charge in [0, 0.05) is 49.8 Å². The lowest BCUT2D eigenvalue weighted by molar-refractivity contribution is -0.256. The van der Waals surface area contributed by atoms with Gasteiger partial charge in [-0.05, 0) is 93.2 Å². The van der Waals surface area contributed by atoms with Gasteiger partial charge in [-0.3, -0.25) is 9.88 Å². The van der Waals surface area contributed by atoms with Crippen LogP contribution in [0.15, 0.2) is 65.9 Å². The average molecular weight is 870 g/mol.